The number of hydrogen-bond acceptors (Lipinski definition) is 5. The van der Waals surface area contributed by atoms with Gasteiger partial charge >= 0.3 is 5.97 Å². The molecule has 0 bridgehead atoms. The Balaban J connectivity index is 4.29. The van der Waals surface area contributed by atoms with Gasteiger partial charge in [-0.2, -0.15) is 5.48 Å². The first-order chi connectivity index (χ1) is 8.77. The zero-order valence-electron chi connectivity index (χ0n) is 11.3. The van der Waals surface area contributed by atoms with Gasteiger partial charge in [0.05, 0.1) is 0 Å². The quantitative estimate of drug-likeness (QED) is 0.365. The molecule has 0 radical (unpaired) electrons. The number of amides is 2. The smallest absolute Gasteiger partial charge is 0.322 e. The van der Waals surface area contributed by atoms with E-state index >= 15 is 0 Å². The first-order valence-corrected chi connectivity index (χ1v) is 5.97. The van der Waals surface area contributed by atoms with Gasteiger partial charge < -0.3 is 20.9 Å². The molecule has 0 saturated heterocycles. The molecule has 0 aromatic heterocycles. The van der Waals surface area contributed by atoms with Crippen molar-refractivity contribution >= 4 is 17.8 Å². The summed E-state index contributed by atoms with van der Waals surface area (Å²) in [7, 11) is 0. The van der Waals surface area contributed by atoms with E-state index in [0.717, 1.165) is 0 Å². The van der Waals surface area contributed by atoms with Crippen molar-refractivity contribution in [1.29, 1.82) is 0 Å². The molecule has 0 aromatic rings. The predicted molar refractivity (Wildman–Crippen MR) is 66.4 cm³/mol. The Hall–Kier alpha value is -1.67. The summed E-state index contributed by atoms with van der Waals surface area (Å²) in [5.74, 6) is -2.10. The van der Waals surface area contributed by atoms with Gasteiger partial charge in [-0.15, -0.1) is 0 Å². The minimum Gasteiger partial charge on any atom is -0.480 e. The first kappa shape index (κ1) is 17.3. The molecule has 110 valence electrons. The molecule has 8 heteroatoms. The Morgan fingerprint density at radius 2 is 1.68 bits per heavy atom. The zero-order valence-corrected chi connectivity index (χ0v) is 11.3. The van der Waals surface area contributed by atoms with Gasteiger partial charge in [0.15, 0.2) is 0 Å². The van der Waals surface area contributed by atoms with Crippen LogP contribution < -0.4 is 16.1 Å². The SMILES string of the molecule is CC(C)C[C@H](NO)C(=O)N[C@@H](C)C(=O)NCC(=O)O. The van der Waals surface area contributed by atoms with E-state index in [1.165, 1.54) is 6.92 Å². The van der Waals surface area contributed by atoms with Crippen LogP contribution in [0.5, 0.6) is 0 Å². The third-order valence-electron chi connectivity index (χ3n) is 2.35. The molecule has 0 aliphatic heterocycles. The molecule has 0 aliphatic rings. The minimum atomic E-state index is -1.17. The van der Waals surface area contributed by atoms with E-state index in [-0.39, 0.29) is 5.92 Å². The molecule has 19 heavy (non-hydrogen) atoms. The van der Waals surface area contributed by atoms with E-state index < -0.39 is 36.4 Å². The highest BCUT2D eigenvalue weighted by Gasteiger charge is 2.23. The zero-order chi connectivity index (χ0) is 15.0. The molecule has 0 heterocycles. The molecule has 0 fully saturated rings. The van der Waals surface area contributed by atoms with Crippen LogP contribution in [0, 0.1) is 5.92 Å². The molecular formula is C11H21N3O5. The van der Waals surface area contributed by atoms with Crippen LogP contribution in [0.2, 0.25) is 0 Å². The lowest BCUT2D eigenvalue weighted by Crippen LogP contribution is -2.51. The molecule has 2 amide bonds. The van der Waals surface area contributed by atoms with Crippen LogP contribution >= 0.6 is 0 Å². The van der Waals surface area contributed by atoms with Crippen LogP contribution in [-0.2, 0) is 14.4 Å². The van der Waals surface area contributed by atoms with Gasteiger partial charge in [0.2, 0.25) is 11.8 Å². The molecule has 0 saturated carbocycles. The van der Waals surface area contributed by atoms with E-state index in [1.54, 1.807) is 0 Å². The fraction of sp³-hybridized carbons (Fsp3) is 0.727. The largest absolute Gasteiger partial charge is 0.480 e. The fourth-order valence-corrected chi connectivity index (χ4v) is 1.39. The Morgan fingerprint density at radius 3 is 2.11 bits per heavy atom. The van der Waals surface area contributed by atoms with Crippen molar-refractivity contribution in [2.45, 2.75) is 39.3 Å². The van der Waals surface area contributed by atoms with Gasteiger partial charge in [-0.25, -0.2) is 0 Å². The summed E-state index contributed by atoms with van der Waals surface area (Å²) < 4.78 is 0. The Kier molecular flexibility index (Phi) is 7.69. The number of carbonyl (C=O) groups is 3. The molecule has 0 aliphatic carbocycles. The number of carbonyl (C=O) groups excluding carboxylic acids is 2. The van der Waals surface area contributed by atoms with Crippen LogP contribution in [0.15, 0.2) is 0 Å². The normalized spacial score (nSPS) is 13.7. The van der Waals surface area contributed by atoms with Crippen molar-refractivity contribution in [3.05, 3.63) is 0 Å². The van der Waals surface area contributed by atoms with E-state index in [9.17, 15) is 14.4 Å². The summed E-state index contributed by atoms with van der Waals surface area (Å²) in [5.41, 5.74) is 1.89. The topological polar surface area (TPSA) is 128 Å². The summed E-state index contributed by atoms with van der Waals surface area (Å²) in [5, 5.41) is 21.8. The lowest BCUT2D eigenvalue weighted by molar-refractivity contribution is -0.138. The number of nitrogens with one attached hydrogen (secondary N) is 3. The molecule has 8 nitrogen and oxygen atoms in total. The summed E-state index contributed by atoms with van der Waals surface area (Å²) in [6.45, 7) is 4.70. The van der Waals surface area contributed by atoms with Crippen molar-refractivity contribution in [1.82, 2.24) is 16.1 Å². The summed E-state index contributed by atoms with van der Waals surface area (Å²) in [6.07, 6.45) is 0.409. The second-order valence-electron chi connectivity index (χ2n) is 4.65. The van der Waals surface area contributed by atoms with E-state index in [2.05, 4.69) is 10.6 Å². The number of hydroxylamine groups is 1. The molecule has 0 spiro atoms. The summed E-state index contributed by atoms with van der Waals surface area (Å²) >= 11 is 0. The average Bonchev–Trinajstić information content (AvgIpc) is 2.32. The highest BCUT2D eigenvalue weighted by molar-refractivity contribution is 5.90. The number of hydrogen-bond donors (Lipinski definition) is 5. The third-order valence-corrected chi connectivity index (χ3v) is 2.35. The van der Waals surface area contributed by atoms with E-state index in [1.807, 2.05) is 19.3 Å². The maximum atomic E-state index is 11.7. The van der Waals surface area contributed by atoms with Gasteiger partial charge in [0, 0.05) is 0 Å². The van der Waals surface area contributed by atoms with Crippen LogP contribution in [-0.4, -0.2) is 46.7 Å². The van der Waals surface area contributed by atoms with Crippen molar-refractivity contribution in [3.8, 4) is 0 Å². The highest BCUT2D eigenvalue weighted by Crippen LogP contribution is 2.04. The van der Waals surface area contributed by atoms with Gasteiger partial charge in [-0.05, 0) is 19.3 Å². The van der Waals surface area contributed by atoms with Crippen molar-refractivity contribution in [2.24, 2.45) is 5.92 Å². The van der Waals surface area contributed by atoms with Crippen molar-refractivity contribution in [2.75, 3.05) is 6.54 Å². The van der Waals surface area contributed by atoms with Crippen molar-refractivity contribution in [3.63, 3.8) is 0 Å². The molecular weight excluding hydrogens is 254 g/mol. The maximum absolute atomic E-state index is 11.7. The van der Waals surface area contributed by atoms with Crippen LogP contribution in [0.3, 0.4) is 0 Å². The summed E-state index contributed by atoms with van der Waals surface area (Å²) in [6, 6.07) is -1.69. The molecule has 0 rings (SSSR count). The maximum Gasteiger partial charge on any atom is 0.322 e. The number of rotatable bonds is 8. The molecule has 0 unspecified atom stereocenters. The van der Waals surface area contributed by atoms with Gasteiger partial charge in [-0.3, -0.25) is 14.4 Å². The van der Waals surface area contributed by atoms with Crippen LogP contribution in [0.4, 0.5) is 0 Å². The summed E-state index contributed by atoms with van der Waals surface area (Å²) in [4.78, 5) is 33.5. The van der Waals surface area contributed by atoms with Gasteiger partial charge in [0.1, 0.15) is 18.6 Å². The van der Waals surface area contributed by atoms with E-state index in [0.29, 0.717) is 6.42 Å². The standard InChI is InChI=1S/C11H21N3O5/c1-6(2)4-8(14-19)11(18)13-7(3)10(17)12-5-9(15)16/h6-8,14,19H,4-5H2,1-3H3,(H,12,17)(H,13,18)(H,15,16)/t7-,8-/m0/s1. The second-order valence-corrected chi connectivity index (χ2v) is 4.65. The number of carboxylic acids is 1. The lowest BCUT2D eigenvalue weighted by atomic mass is 10.0. The van der Waals surface area contributed by atoms with Crippen LogP contribution in [0.25, 0.3) is 0 Å². The highest BCUT2D eigenvalue weighted by atomic mass is 16.5. The lowest BCUT2D eigenvalue weighted by Gasteiger charge is -2.19. The minimum absolute atomic E-state index is 0.187. The number of aliphatic carboxylic acids is 1. The van der Waals surface area contributed by atoms with Gasteiger partial charge in [0.25, 0.3) is 0 Å². The number of carboxylic acid groups (broad SMARTS) is 1. The Labute approximate surface area is 111 Å². The van der Waals surface area contributed by atoms with Gasteiger partial charge in [-0.1, -0.05) is 13.8 Å². The third kappa shape index (κ3) is 7.37. The molecule has 2 atom stereocenters. The monoisotopic (exact) mass is 275 g/mol. The second kappa shape index (κ2) is 8.44. The molecule has 0 aromatic carbocycles. The molecule has 5 N–H and O–H groups in total. The first-order valence-electron chi connectivity index (χ1n) is 5.97. The average molecular weight is 275 g/mol. The van der Waals surface area contributed by atoms with Crippen molar-refractivity contribution < 1.29 is 24.7 Å². The Morgan fingerprint density at radius 1 is 1.11 bits per heavy atom. The fourth-order valence-electron chi connectivity index (χ4n) is 1.39. The van der Waals surface area contributed by atoms with Crippen LogP contribution in [0.1, 0.15) is 27.2 Å². The Bertz CT molecular complexity index is 332. The van der Waals surface area contributed by atoms with E-state index in [4.69, 9.17) is 10.3 Å². The predicted octanol–water partition coefficient (Wildman–Crippen LogP) is -0.915.